The zero-order valence-electron chi connectivity index (χ0n) is 9.21. The molecule has 0 fully saturated rings. The lowest BCUT2D eigenvalue weighted by atomic mass is 10.1. The Hall–Kier alpha value is -2.30. The summed E-state index contributed by atoms with van der Waals surface area (Å²) in [5, 5.41) is 17.5. The molecule has 0 saturated heterocycles. The van der Waals surface area contributed by atoms with Crippen LogP contribution in [0.25, 0.3) is 6.08 Å². The smallest absolute Gasteiger partial charge is 0.332 e. The van der Waals surface area contributed by atoms with Gasteiger partial charge in [-0.2, -0.15) is 0 Å². The molecule has 17 heavy (non-hydrogen) atoms. The Morgan fingerprint density at radius 3 is 2.47 bits per heavy atom. The molecule has 0 bridgehead atoms. The molecule has 0 atom stereocenters. The van der Waals surface area contributed by atoms with Crippen LogP contribution in [-0.4, -0.2) is 29.3 Å². The highest BCUT2D eigenvalue weighted by molar-refractivity contribution is 5.97. The maximum atomic E-state index is 10.9. The van der Waals surface area contributed by atoms with Crippen molar-refractivity contribution < 1.29 is 24.5 Å². The van der Waals surface area contributed by atoms with E-state index in [2.05, 4.69) is 0 Å². The minimum Gasteiger partial charge on any atom is -0.496 e. The lowest BCUT2D eigenvalue weighted by Gasteiger charge is -2.05. The van der Waals surface area contributed by atoms with Crippen molar-refractivity contribution in [2.75, 3.05) is 7.11 Å². The summed E-state index contributed by atoms with van der Waals surface area (Å²) in [4.78, 5) is 21.4. The Labute approximate surface area is 98.0 Å². The topological polar surface area (TPSA) is 83.8 Å². The third-order valence-electron chi connectivity index (χ3n) is 2.09. The zero-order chi connectivity index (χ0) is 12.8. The molecule has 0 aliphatic carbocycles. The van der Waals surface area contributed by atoms with Gasteiger partial charge in [0.25, 0.3) is 0 Å². The monoisotopic (exact) mass is 236 g/mol. The van der Waals surface area contributed by atoms with Crippen LogP contribution in [0.1, 0.15) is 12.0 Å². The van der Waals surface area contributed by atoms with Gasteiger partial charge >= 0.3 is 11.9 Å². The van der Waals surface area contributed by atoms with Crippen molar-refractivity contribution in [3.8, 4) is 5.75 Å². The molecule has 0 aromatic heterocycles. The number of hydrogen-bond acceptors (Lipinski definition) is 3. The molecule has 0 radical (unpaired) electrons. The van der Waals surface area contributed by atoms with Gasteiger partial charge in [0, 0.05) is 11.1 Å². The second kappa shape index (κ2) is 5.69. The molecule has 90 valence electrons. The molecule has 0 aliphatic rings. The van der Waals surface area contributed by atoms with Crippen LogP contribution in [0.3, 0.4) is 0 Å². The van der Waals surface area contributed by atoms with Gasteiger partial charge < -0.3 is 14.9 Å². The number of carboxylic acids is 2. The first-order valence-electron chi connectivity index (χ1n) is 4.83. The van der Waals surface area contributed by atoms with E-state index in [4.69, 9.17) is 14.9 Å². The first-order chi connectivity index (χ1) is 8.04. The highest BCUT2D eigenvalue weighted by Gasteiger charge is 2.12. The molecule has 5 heteroatoms. The van der Waals surface area contributed by atoms with Crippen molar-refractivity contribution in [2.24, 2.45) is 0 Å². The van der Waals surface area contributed by atoms with E-state index < -0.39 is 18.4 Å². The molecule has 5 nitrogen and oxygen atoms in total. The Kier molecular flexibility index (Phi) is 4.28. The third kappa shape index (κ3) is 3.64. The van der Waals surface area contributed by atoms with Crippen LogP contribution in [0, 0.1) is 0 Å². The van der Waals surface area contributed by atoms with Gasteiger partial charge in [0.2, 0.25) is 0 Å². The summed E-state index contributed by atoms with van der Waals surface area (Å²) in [6, 6.07) is 6.79. The number of ether oxygens (including phenoxy) is 1. The van der Waals surface area contributed by atoms with Crippen LogP contribution < -0.4 is 4.74 Å². The summed E-state index contributed by atoms with van der Waals surface area (Å²) >= 11 is 0. The van der Waals surface area contributed by atoms with E-state index in [1.54, 1.807) is 24.3 Å². The summed E-state index contributed by atoms with van der Waals surface area (Å²) in [6.07, 6.45) is 0.767. The van der Waals surface area contributed by atoms with Gasteiger partial charge in [-0.15, -0.1) is 0 Å². The van der Waals surface area contributed by atoms with Gasteiger partial charge in [0.05, 0.1) is 13.5 Å². The van der Waals surface area contributed by atoms with E-state index in [1.165, 1.54) is 13.2 Å². The van der Waals surface area contributed by atoms with Crippen LogP contribution in [0.2, 0.25) is 0 Å². The molecule has 1 rings (SSSR count). The van der Waals surface area contributed by atoms with Gasteiger partial charge in [0.1, 0.15) is 5.75 Å². The number of hydrogen-bond donors (Lipinski definition) is 2. The number of carbonyl (C=O) groups is 2. The van der Waals surface area contributed by atoms with Crippen LogP contribution in [0.4, 0.5) is 0 Å². The minimum absolute atomic E-state index is 0.193. The Morgan fingerprint density at radius 1 is 1.29 bits per heavy atom. The fraction of sp³-hybridized carbons (Fsp3) is 0.167. The first kappa shape index (κ1) is 12.8. The maximum absolute atomic E-state index is 10.9. The van der Waals surface area contributed by atoms with Crippen molar-refractivity contribution in [2.45, 2.75) is 6.42 Å². The SMILES string of the molecule is COc1ccccc1/C=C(\CC(=O)O)C(=O)O. The molecule has 1 aromatic rings. The van der Waals surface area contributed by atoms with E-state index >= 15 is 0 Å². The van der Waals surface area contributed by atoms with E-state index in [-0.39, 0.29) is 5.57 Å². The molecule has 0 amide bonds. The minimum atomic E-state index is -1.25. The van der Waals surface area contributed by atoms with Gasteiger partial charge in [-0.05, 0) is 12.1 Å². The Balaban J connectivity index is 3.12. The van der Waals surface area contributed by atoms with Crippen molar-refractivity contribution >= 4 is 18.0 Å². The summed E-state index contributed by atoms with van der Waals surface area (Å²) in [5.41, 5.74) is 0.343. The van der Waals surface area contributed by atoms with Crippen LogP contribution in [0.15, 0.2) is 29.8 Å². The maximum Gasteiger partial charge on any atom is 0.332 e. The number of para-hydroxylation sites is 1. The van der Waals surface area contributed by atoms with Gasteiger partial charge in [0.15, 0.2) is 0 Å². The molecule has 2 N–H and O–H groups in total. The summed E-state index contributed by atoms with van der Waals surface area (Å²) < 4.78 is 5.05. The average Bonchev–Trinajstić information content (AvgIpc) is 2.28. The van der Waals surface area contributed by atoms with Gasteiger partial charge in [-0.1, -0.05) is 18.2 Å². The number of aliphatic carboxylic acids is 2. The lowest BCUT2D eigenvalue weighted by Crippen LogP contribution is -2.06. The molecule has 0 spiro atoms. The van der Waals surface area contributed by atoms with E-state index in [9.17, 15) is 9.59 Å². The second-order valence-corrected chi connectivity index (χ2v) is 3.29. The Morgan fingerprint density at radius 2 is 1.94 bits per heavy atom. The van der Waals surface area contributed by atoms with Crippen molar-refractivity contribution in [1.29, 1.82) is 0 Å². The van der Waals surface area contributed by atoms with Crippen LogP contribution in [-0.2, 0) is 9.59 Å². The largest absolute Gasteiger partial charge is 0.496 e. The van der Waals surface area contributed by atoms with Gasteiger partial charge in [-0.3, -0.25) is 4.79 Å². The fourth-order valence-corrected chi connectivity index (χ4v) is 1.32. The standard InChI is InChI=1S/C12H12O5/c1-17-10-5-3-2-4-8(10)6-9(12(15)16)7-11(13)14/h2-6H,7H2,1H3,(H,13,14)(H,15,16)/b9-6+. The van der Waals surface area contributed by atoms with Crippen LogP contribution >= 0.6 is 0 Å². The first-order valence-corrected chi connectivity index (χ1v) is 4.83. The second-order valence-electron chi connectivity index (χ2n) is 3.29. The van der Waals surface area contributed by atoms with Crippen LogP contribution in [0.5, 0.6) is 5.75 Å². The van der Waals surface area contributed by atoms with Crippen molar-refractivity contribution in [1.82, 2.24) is 0 Å². The summed E-state index contributed by atoms with van der Waals surface area (Å²) in [7, 11) is 1.46. The number of methoxy groups -OCH3 is 1. The van der Waals surface area contributed by atoms with Crippen molar-refractivity contribution in [3.05, 3.63) is 35.4 Å². The quantitative estimate of drug-likeness (QED) is 0.759. The zero-order valence-corrected chi connectivity index (χ0v) is 9.21. The van der Waals surface area contributed by atoms with E-state index in [0.29, 0.717) is 11.3 Å². The highest BCUT2D eigenvalue weighted by atomic mass is 16.5. The average molecular weight is 236 g/mol. The highest BCUT2D eigenvalue weighted by Crippen LogP contribution is 2.21. The summed E-state index contributed by atoms with van der Waals surface area (Å²) in [6.45, 7) is 0. The third-order valence-corrected chi connectivity index (χ3v) is 2.09. The summed E-state index contributed by atoms with van der Waals surface area (Å²) in [5.74, 6) is -1.94. The molecular formula is C12H12O5. The number of benzene rings is 1. The molecule has 1 aromatic carbocycles. The number of rotatable bonds is 5. The van der Waals surface area contributed by atoms with E-state index in [1.807, 2.05) is 0 Å². The molecule has 0 saturated carbocycles. The van der Waals surface area contributed by atoms with E-state index in [0.717, 1.165) is 0 Å². The lowest BCUT2D eigenvalue weighted by molar-refractivity contribution is -0.139. The predicted octanol–water partition coefficient (Wildman–Crippen LogP) is 1.64. The van der Waals surface area contributed by atoms with Gasteiger partial charge in [-0.25, -0.2) is 4.79 Å². The molecule has 0 unspecified atom stereocenters. The number of carboxylic acid groups (broad SMARTS) is 2. The Bertz CT molecular complexity index is 462. The molecule has 0 heterocycles. The molecule has 0 aliphatic heterocycles. The fourth-order valence-electron chi connectivity index (χ4n) is 1.32. The predicted molar refractivity (Wildman–Crippen MR) is 60.9 cm³/mol. The molecular weight excluding hydrogens is 224 g/mol. The van der Waals surface area contributed by atoms with Crippen molar-refractivity contribution in [3.63, 3.8) is 0 Å². The normalized spacial score (nSPS) is 11.0.